The smallest absolute Gasteiger partial charge is 0.162 e. The van der Waals surface area contributed by atoms with E-state index in [2.05, 4.69) is 6.11 Å². The molecule has 0 radical (unpaired) electrons. The molecule has 0 aromatic rings. The Labute approximate surface area is 70.4 Å². The number of hydrogen-bond donors (Lipinski definition) is 1. The van der Waals surface area contributed by atoms with E-state index in [1.54, 1.807) is 0 Å². The summed E-state index contributed by atoms with van der Waals surface area (Å²) in [7, 11) is 0. The van der Waals surface area contributed by atoms with Crippen LogP contribution < -0.4 is 0 Å². The lowest BCUT2D eigenvalue weighted by atomic mass is 10.1. The zero-order chi connectivity index (χ0) is 8.55. The van der Waals surface area contributed by atoms with Crippen molar-refractivity contribution in [1.82, 2.24) is 0 Å². The summed E-state index contributed by atoms with van der Waals surface area (Å²) < 4.78 is 15.4. The summed E-state index contributed by atoms with van der Waals surface area (Å²) in [5.74, 6) is 0. The average molecular weight is 170 g/mol. The molecule has 2 rings (SSSR count). The SMILES string of the molecule is C#COC1COC2C(O)COC12. The number of rotatable bonds is 1. The second-order valence-electron chi connectivity index (χ2n) is 2.94. The van der Waals surface area contributed by atoms with E-state index in [1.807, 2.05) is 0 Å². The van der Waals surface area contributed by atoms with E-state index in [1.165, 1.54) is 0 Å². The molecule has 2 fully saturated rings. The molecule has 4 unspecified atom stereocenters. The Morgan fingerprint density at radius 2 is 2.08 bits per heavy atom. The molecule has 4 atom stereocenters. The van der Waals surface area contributed by atoms with Crippen molar-refractivity contribution in [3.8, 4) is 12.5 Å². The maximum Gasteiger partial charge on any atom is 0.162 e. The fraction of sp³-hybridized carbons (Fsp3) is 0.750. The molecule has 0 aromatic carbocycles. The lowest BCUT2D eigenvalue weighted by molar-refractivity contribution is 0.00183. The van der Waals surface area contributed by atoms with E-state index in [0.29, 0.717) is 13.2 Å². The van der Waals surface area contributed by atoms with Gasteiger partial charge in [0.25, 0.3) is 0 Å². The maximum atomic E-state index is 9.33. The minimum absolute atomic E-state index is 0.198. The van der Waals surface area contributed by atoms with Gasteiger partial charge in [0.15, 0.2) is 6.10 Å². The standard InChI is InChI=1S/C8H10O4/c1-2-10-6-4-12-7-5(9)3-11-8(6)7/h1,5-9H,3-4H2. The number of aliphatic hydroxyl groups is 1. The van der Waals surface area contributed by atoms with Crippen molar-refractivity contribution in [1.29, 1.82) is 0 Å². The molecule has 12 heavy (non-hydrogen) atoms. The van der Waals surface area contributed by atoms with E-state index >= 15 is 0 Å². The number of fused-ring (bicyclic) bond motifs is 1. The van der Waals surface area contributed by atoms with Crippen LogP contribution in [0, 0.1) is 12.5 Å². The van der Waals surface area contributed by atoms with Crippen LogP contribution in [0.5, 0.6) is 0 Å². The quantitative estimate of drug-likeness (QED) is 0.519. The second-order valence-corrected chi connectivity index (χ2v) is 2.94. The van der Waals surface area contributed by atoms with Gasteiger partial charge in [0.1, 0.15) is 24.4 Å². The molecule has 2 aliphatic rings. The van der Waals surface area contributed by atoms with Crippen LogP contribution in [0.15, 0.2) is 0 Å². The van der Waals surface area contributed by atoms with Crippen molar-refractivity contribution in [3.05, 3.63) is 0 Å². The molecule has 0 saturated carbocycles. The van der Waals surface area contributed by atoms with Crippen LogP contribution in [0.3, 0.4) is 0 Å². The number of aliphatic hydroxyl groups excluding tert-OH is 1. The van der Waals surface area contributed by atoms with Gasteiger partial charge in [-0.3, -0.25) is 0 Å². The number of hydrogen-bond acceptors (Lipinski definition) is 4. The summed E-state index contributed by atoms with van der Waals surface area (Å²) >= 11 is 0. The van der Waals surface area contributed by atoms with Gasteiger partial charge < -0.3 is 19.3 Å². The van der Waals surface area contributed by atoms with Gasteiger partial charge >= 0.3 is 0 Å². The largest absolute Gasteiger partial charge is 0.438 e. The predicted octanol–water partition coefficient (Wildman–Crippen LogP) is -0.879. The molecule has 0 spiro atoms. The van der Waals surface area contributed by atoms with Crippen LogP contribution in [0.4, 0.5) is 0 Å². The van der Waals surface area contributed by atoms with Crippen LogP contribution in [0.2, 0.25) is 0 Å². The van der Waals surface area contributed by atoms with Crippen LogP contribution in [-0.2, 0) is 14.2 Å². The first-order chi connectivity index (χ1) is 5.83. The predicted molar refractivity (Wildman–Crippen MR) is 39.2 cm³/mol. The van der Waals surface area contributed by atoms with Gasteiger partial charge in [-0.25, -0.2) is 0 Å². The Morgan fingerprint density at radius 3 is 2.83 bits per heavy atom. The average Bonchev–Trinajstić information content (AvgIpc) is 2.58. The van der Waals surface area contributed by atoms with E-state index in [-0.39, 0.29) is 18.3 Å². The molecule has 66 valence electrons. The number of ether oxygens (including phenoxy) is 3. The summed E-state index contributed by atoms with van der Waals surface area (Å²) in [6.07, 6.45) is 5.85. The number of terminal acetylenes is 1. The van der Waals surface area contributed by atoms with Gasteiger partial charge in [-0.2, -0.15) is 0 Å². The normalized spacial score (nSPS) is 45.3. The van der Waals surface area contributed by atoms with Crippen LogP contribution in [0.25, 0.3) is 0 Å². The third kappa shape index (κ3) is 1.07. The highest BCUT2D eigenvalue weighted by molar-refractivity contribution is 4.96. The highest BCUT2D eigenvalue weighted by atomic mass is 16.6. The van der Waals surface area contributed by atoms with Gasteiger partial charge in [-0.1, -0.05) is 6.42 Å². The summed E-state index contributed by atoms with van der Waals surface area (Å²) in [4.78, 5) is 0. The van der Waals surface area contributed by atoms with Crippen molar-refractivity contribution in [3.63, 3.8) is 0 Å². The minimum Gasteiger partial charge on any atom is -0.438 e. The second kappa shape index (κ2) is 2.94. The molecule has 0 bridgehead atoms. The Balaban J connectivity index is 2.02. The zero-order valence-electron chi connectivity index (χ0n) is 6.47. The summed E-state index contributed by atoms with van der Waals surface area (Å²) in [6, 6.07) is 0. The fourth-order valence-electron chi connectivity index (χ4n) is 1.63. The maximum absolute atomic E-state index is 9.33. The van der Waals surface area contributed by atoms with Crippen molar-refractivity contribution < 1.29 is 19.3 Å². The first-order valence-corrected chi connectivity index (χ1v) is 3.85. The molecule has 4 heteroatoms. The van der Waals surface area contributed by atoms with Crippen molar-refractivity contribution in [2.24, 2.45) is 0 Å². The molecule has 1 N–H and O–H groups in total. The van der Waals surface area contributed by atoms with Gasteiger partial charge in [-0.05, 0) is 0 Å². The topological polar surface area (TPSA) is 47.9 Å². The molecule has 2 aliphatic heterocycles. The van der Waals surface area contributed by atoms with Crippen molar-refractivity contribution in [2.45, 2.75) is 24.4 Å². The Kier molecular flexibility index (Phi) is 1.93. The Bertz CT molecular complexity index is 210. The molecule has 2 heterocycles. The van der Waals surface area contributed by atoms with Crippen LogP contribution in [-0.4, -0.2) is 42.7 Å². The third-order valence-electron chi connectivity index (χ3n) is 2.20. The molecular weight excluding hydrogens is 160 g/mol. The molecule has 2 saturated heterocycles. The monoisotopic (exact) mass is 170 g/mol. The van der Waals surface area contributed by atoms with Gasteiger partial charge in [0.05, 0.1) is 13.2 Å². The lowest BCUT2D eigenvalue weighted by Crippen LogP contribution is -2.32. The summed E-state index contributed by atoms with van der Waals surface area (Å²) in [5, 5.41) is 9.33. The zero-order valence-corrected chi connectivity index (χ0v) is 6.47. The van der Waals surface area contributed by atoms with Gasteiger partial charge in [-0.15, -0.1) is 0 Å². The first kappa shape index (κ1) is 7.87. The highest BCUT2D eigenvalue weighted by Gasteiger charge is 2.48. The Hall–Kier alpha value is -0.760. The molecule has 0 amide bonds. The van der Waals surface area contributed by atoms with Crippen LogP contribution in [0.1, 0.15) is 0 Å². The van der Waals surface area contributed by atoms with Crippen LogP contribution >= 0.6 is 0 Å². The summed E-state index contributed by atoms with van der Waals surface area (Å²) in [6.45, 7) is 0.705. The van der Waals surface area contributed by atoms with Gasteiger partial charge in [0, 0.05) is 0 Å². The van der Waals surface area contributed by atoms with Gasteiger partial charge in [0.2, 0.25) is 0 Å². The van der Waals surface area contributed by atoms with Crippen molar-refractivity contribution in [2.75, 3.05) is 13.2 Å². The molecule has 4 nitrogen and oxygen atoms in total. The fourth-order valence-corrected chi connectivity index (χ4v) is 1.63. The molecule has 0 aromatic heterocycles. The molecule has 0 aliphatic carbocycles. The van der Waals surface area contributed by atoms with E-state index in [0.717, 1.165) is 0 Å². The van der Waals surface area contributed by atoms with E-state index < -0.39 is 6.10 Å². The first-order valence-electron chi connectivity index (χ1n) is 3.85. The van der Waals surface area contributed by atoms with Crippen molar-refractivity contribution >= 4 is 0 Å². The van der Waals surface area contributed by atoms with E-state index in [4.69, 9.17) is 20.6 Å². The minimum atomic E-state index is -0.540. The Morgan fingerprint density at radius 1 is 1.33 bits per heavy atom. The third-order valence-corrected chi connectivity index (χ3v) is 2.20. The van der Waals surface area contributed by atoms with E-state index in [9.17, 15) is 5.11 Å². The molecular formula is C8H10O4. The summed E-state index contributed by atoms with van der Waals surface area (Å²) in [5.41, 5.74) is 0. The highest BCUT2D eigenvalue weighted by Crippen LogP contribution is 2.28. The lowest BCUT2D eigenvalue weighted by Gasteiger charge is -2.12.